The Bertz CT molecular complexity index is 983. The highest BCUT2D eigenvalue weighted by molar-refractivity contribution is 5.40. The first-order chi connectivity index (χ1) is 12.3. The van der Waals surface area contributed by atoms with Crippen LogP contribution in [0, 0.1) is 0 Å². The molecule has 0 saturated heterocycles. The van der Waals surface area contributed by atoms with Crippen LogP contribution in [0.5, 0.6) is 0 Å². The largest absolute Gasteiger partial charge is 0.268 e. The van der Waals surface area contributed by atoms with Gasteiger partial charge >= 0.3 is 0 Å². The number of rotatable bonds is 4. The molecule has 1 fully saturated rings. The van der Waals surface area contributed by atoms with Crippen molar-refractivity contribution in [2.45, 2.75) is 44.6 Å². The van der Waals surface area contributed by atoms with Crippen LogP contribution in [0.4, 0.5) is 0 Å². The summed E-state index contributed by atoms with van der Waals surface area (Å²) in [5, 5.41) is 9.44. The van der Waals surface area contributed by atoms with E-state index in [0.29, 0.717) is 12.5 Å². The number of benzene rings is 1. The Morgan fingerprint density at radius 1 is 1.00 bits per heavy atom. The molecule has 0 N–H and O–H groups in total. The number of nitrogens with zero attached hydrogens (tertiary/aromatic N) is 4. The average molecular weight is 332 g/mol. The van der Waals surface area contributed by atoms with Crippen molar-refractivity contribution >= 4 is 0 Å². The van der Waals surface area contributed by atoms with E-state index in [0.717, 1.165) is 36.3 Å². The van der Waals surface area contributed by atoms with Crippen LogP contribution in [0.3, 0.4) is 0 Å². The molecule has 0 aliphatic heterocycles. The van der Waals surface area contributed by atoms with E-state index in [2.05, 4.69) is 17.2 Å². The summed E-state index contributed by atoms with van der Waals surface area (Å²) in [7, 11) is 0. The Hall–Kier alpha value is -2.69. The van der Waals surface area contributed by atoms with Crippen molar-refractivity contribution in [3.05, 3.63) is 75.5 Å². The van der Waals surface area contributed by atoms with E-state index in [4.69, 9.17) is 5.10 Å². The molecule has 0 radical (unpaired) electrons. The van der Waals surface area contributed by atoms with Crippen LogP contribution in [0.1, 0.15) is 47.8 Å². The topological polar surface area (TPSA) is 52.7 Å². The van der Waals surface area contributed by atoms with Crippen LogP contribution in [0.15, 0.2) is 47.3 Å². The van der Waals surface area contributed by atoms with Gasteiger partial charge in [0.05, 0.1) is 23.6 Å². The van der Waals surface area contributed by atoms with E-state index in [1.54, 1.807) is 10.7 Å². The maximum Gasteiger partial charge on any atom is 0.267 e. The zero-order chi connectivity index (χ0) is 16.8. The average Bonchev–Trinajstić information content (AvgIpc) is 3.28. The Morgan fingerprint density at radius 2 is 1.84 bits per heavy atom. The molecule has 2 aliphatic rings. The van der Waals surface area contributed by atoms with Crippen molar-refractivity contribution in [1.29, 1.82) is 0 Å². The number of para-hydroxylation sites is 1. The molecular formula is C20H20N4O. The summed E-state index contributed by atoms with van der Waals surface area (Å²) in [6, 6.07) is 13.8. The van der Waals surface area contributed by atoms with Crippen LogP contribution in [-0.2, 0) is 19.4 Å². The second-order valence-corrected chi connectivity index (χ2v) is 7.00. The molecule has 3 aromatic rings. The summed E-state index contributed by atoms with van der Waals surface area (Å²) in [6.07, 6.45) is 5.60. The Labute approximate surface area is 145 Å². The van der Waals surface area contributed by atoms with Crippen molar-refractivity contribution < 1.29 is 0 Å². The van der Waals surface area contributed by atoms with Crippen molar-refractivity contribution in [1.82, 2.24) is 19.6 Å². The van der Waals surface area contributed by atoms with Gasteiger partial charge in [0.2, 0.25) is 0 Å². The highest BCUT2D eigenvalue weighted by atomic mass is 16.1. The molecule has 0 spiro atoms. The molecule has 0 amide bonds. The lowest BCUT2D eigenvalue weighted by Crippen LogP contribution is -2.24. The minimum atomic E-state index is -0.0505. The fourth-order valence-electron chi connectivity index (χ4n) is 3.74. The molecule has 2 heterocycles. The smallest absolute Gasteiger partial charge is 0.267 e. The lowest BCUT2D eigenvalue weighted by molar-refractivity contribution is 0.599. The van der Waals surface area contributed by atoms with Crippen LogP contribution < -0.4 is 5.56 Å². The molecule has 2 aromatic heterocycles. The molecule has 1 saturated carbocycles. The van der Waals surface area contributed by atoms with Gasteiger partial charge in [-0.2, -0.15) is 10.2 Å². The third-order valence-electron chi connectivity index (χ3n) is 5.20. The van der Waals surface area contributed by atoms with Gasteiger partial charge in [0.1, 0.15) is 0 Å². The zero-order valence-corrected chi connectivity index (χ0v) is 14.1. The number of hydrogen-bond donors (Lipinski definition) is 0. The summed E-state index contributed by atoms with van der Waals surface area (Å²) in [4.78, 5) is 12.3. The van der Waals surface area contributed by atoms with E-state index in [1.165, 1.54) is 24.1 Å². The van der Waals surface area contributed by atoms with Gasteiger partial charge in [-0.3, -0.25) is 4.79 Å². The van der Waals surface area contributed by atoms with Gasteiger partial charge in [0, 0.05) is 17.7 Å². The lowest BCUT2D eigenvalue weighted by atomic mass is 10.2. The SMILES string of the molecule is O=c1ccc(C2CC2)nn1Cc1nn(-c2ccccc2)c2c1CCC2. The van der Waals surface area contributed by atoms with Crippen LogP contribution in [0.25, 0.3) is 5.69 Å². The summed E-state index contributed by atoms with van der Waals surface area (Å²) in [6.45, 7) is 0.460. The van der Waals surface area contributed by atoms with E-state index >= 15 is 0 Å². The third kappa shape index (κ3) is 2.60. The molecule has 126 valence electrons. The monoisotopic (exact) mass is 332 g/mol. The third-order valence-corrected chi connectivity index (χ3v) is 5.20. The maximum absolute atomic E-state index is 12.3. The highest BCUT2D eigenvalue weighted by Gasteiger charge is 2.27. The van der Waals surface area contributed by atoms with Gasteiger partial charge in [0.25, 0.3) is 5.56 Å². The van der Waals surface area contributed by atoms with Gasteiger partial charge < -0.3 is 0 Å². The highest BCUT2D eigenvalue weighted by Crippen LogP contribution is 2.38. The summed E-state index contributed by atoms with van der Waals surface area (Å²) in [5.41, 5.74) is 5.64. The standard InChI is InChI=1S/C20H20N4O/c25-20-12-11-17(14-9-10-14)21-23(20)13-18-16-7-4-8-19(16)24(22-18)15-5-2-1-3-6-15/h1-3,5-6,11-12,14H,4,7-10,13H2. The Morgan fingerprint density at radius 3 is 2.64 bits per heavy atom. The Balaban J connectivity index is 1.55. The predicted molar refractivity (Wildman–Crippen MR) is 95.2 cm³/mol. The second-order valence-electron chi connectivity index (χ2n) is 7.00. The van der Waals surface area contributed by atoms with Crippen molar-refractivity contribution in [3.63, 3.8) is 0 Å². The van der Waals surface area contributed by atoms with Crippen LogP contribution in [0.2, 0.25) is 0 Å². The first-order valence-electron chi connectivity index (χ1n) is 9.03. The molecule has 1 aromatic carbocycles. The quantitative estimate of drug-likeness (QED) is 0.738. The molecule has 5 nitrogen and oxygen atoms in total. The molecule has 0 unspecified atom stereocenters. The fraction of sp³-hybridized carbons (Fsp3) is 0.350. The van der Waals surface area contributed by atoms with Crippen molar-refractivity contribution in [2.24, 2.45) is 0 Å². The molecule has 5 rings (SSSR count). The maximum atomic E-state index is 12.3. The zero-order valence-electron chi connectivity index (χ0n) is 14.1. The molecule has 0 bridgehead atoms. The number of hydrogen-bond acceptors (Lipinski definition) is 3. The van der Waals surface area contributed by atoms with Gasteiger partial charge in [-0.1, -0.05) is 18.2 Å². The normalized spacial score (nSPS) is 16.2. The van der Waals surface area contributed by atoms with E-state index < -0.39 is 0 Å². The number of fused-ring (bicyclic) bond motifs is 1. The molecule has 0 atom stereocenters. The molecule has 2 aliphatic carbocycles. The minimum absolute atomic E-state index is 0.0505. The Kier molecular flexibility index (Phi) is 3.33. The van der Waals surface area contributed by atoms with E-state index in [-0.39, 0.29) is 5.56 Å². The summed E-state index contributed by atoms with van der Waals surface area (Å²) in [5.74, 6) is 0.541. The van der Waals surface area contributed by atoms with Gasteiger partial charge in [-0.25, -0.2) is 9.36 Å². The van der Waals surface area contributed by atoms with E-state index in [1.807, 2.05) is 28.9 Å². The number of aromatic nitrogens is 4. The minimum Gasteiger partial charge on any atom is -0.268 e. The fourth-order valence-corrected chi connectivity index (χ4v) is 3.74. The van der Waals surface area contributed by atoms with E-state index in [9.17, 15) is 4.79 Å². The molecule has 25 heavy (non-hydrogen) atoms. The van der Waals surface area contributed by atoms with Crippen LogP contribution >= 0.6 is 0 Å². The van der Waals surface area contributed by atoms with Gasteiger partial charge in [-0.15, -0.1) is 0 Å². The summed E-state index contributed by atoms with van der Waals surface area (Å²) >= 11 is 0. The van der Waals surface area contributed by atoms with Crippen molar-refractivity contribution in [2.75, 3.05) is 0 Å². The summed E-state index contributed by atoms with van der Waals surface area (Å²) < 4.78 is 3.64. The second kappa shape index (κ2) is 5.69. The predicted octanol–water partition coefficient (Wildman–Crippen LogP) is 2.84. The van der Waals surface area contributed by atoms with Gasteiger partial charge in [0.15, 0.2) is 0 Å². The van der Waals surface area contributed by atoms with Gasteiger partial charge in [-0.05, 0) is 55.9 Å². The first-order valence-corrected chi connectivity index (χ1v) is 9.03. The van der Waals surface area contributed by atoms with Crippen LogP contribution in [-0.4, -0.2) is 19.6 Å². The lowest BCUT2D eigenvalue weighted by Gasteiger charge is -2.06. The first kappa shape index (κ1) is 14.6. The molecule has 5 heteroatoms. The van der Waals surface area contributed by atoms with Crippen molar-refractivity contribution in [3.8, 4) is 5.69 Å². The molecular weight excluding hydrogens is 312 g/mol.